The summed E-state index contributed by atoms with van der Waals surface area (Å²) in [5, 5.41) is 6.14. The average molecular weight is 339 g/mol. The standard InChI is InChI=1S/C16H17N7S/c1-10-9-24-16(19-10)22-14-6-13(20-11(2)21-14)12-7-23(8-12)15-17-4-3-5-18-15/h3-6,9,12H,7-8H2,1-2H3,(H,19,20,21,22). The van der Waals surface area contributed by atoms with Crippen LogP contribution in [0.1, 0.15) is 23.1 Å². The third kappa shape index (κ3) is 3.05. The van der Waals surface area contributed by atoms with Crippen LogP contribution in [0.3, 0.4) is 0 Å². The smallest absolute Gasteiger partial charge is 0.225 e. The number of thiazole rings is 1. The Balaban J connectivity index is 1.48. The molecule has 0 spiro atoms. The normalized spacial score (nSPS) is 14.5. The van der Waals surface area contributed by atoms with Crippen LogP contribution in [0, 0.1) is 13.8 Å². The van der Waals surface area contributed by atoms with Crippen LogP contribution in [-0.4, -0.2) is 38.0 Å². The summed E-state index contributed by atoms with van der Waals surface area (Å²) in [6.07, 6.45) is 3.53. The minimum absolute atomic E-state index is 0.370. The first-order valence-corrected chi connectivity index (χ1v) is 8.62. The number of nitrogens with one attached hydrogen (secondary N) is 1. The molecule has 7 nitrogen and oxygen atoms in total. The van der Waals surface area contributed by atoms with Crippen molar-refractivity contribution in [3.63, 3.8) is 0 Å². The van der Waals surface area contributed by atoms with Gasteiger partial charge in [0, 0.05) is 42.8 Å². The Labute approximate surface area is 143 Å². The Bertz CT molecular complexity index is 843. The first-order valence-electron chi connectivity index (χ1n) is 7.74. The molecule has 0 amide bonds. The zero-order valence-corrected chi connectivity index (χ0v) is 14.3. The number of nitrogens with zero attached hydrogens (tertiary/aromatic N) is 6. The molecule has 1 fully saturated rings. The van der Waals surface area contributed by atoms with Gasteiger partial charge in [0.15, 0.2) is 5.13 Å². The van der Waals surface area contributed by atoms with Crippen LogP contribution in [0.5, 0.6) is 0 Å². The van der Waals surface area contributed by atoms with Crippen LogP contribution < -0.4 is 10.2 Å². The summed E-state index contributed by atoms with van der Waals surface area (Å²) in [5.41, 5.74) is 2.05. The monoisotopic (exact) mass is 339 g/mol. The van der Waals surface area contributed by atoms with Crippen LogP contribution in [0.4, 0.5) is 16.9 Å². The zero-order valence-electron chi connectivity index (χ0n) is 13.5. The van der Waals surface area contributed by atoms with Gasteiger partial charge in [-0.1, -0.05) is 0 Å². The van der Waals surface area contributed by atoms with Crippen LogP contribution in [0.25, 0.3) is 0 Å². The van der Waals surface area contributed by atoms with E-state index in [9.17, 15) is 0 Å². The summed E-state index contributed by atoms with van der Waals surface area (Å²) in [5.74, 6) is 2.70. The summed E-state index contributed by atoms with van der Waals surface area (Å²) in [7, 11) is 0. The Morgan fingerprint density at radius 1 is 1.12 bits per heavy atom. The molecule has 1 N–H and O–H groups in total. The van der Waals surface area contributed by atoms with Gasteiger partial charge in [-0.25, -0.2) is 24.9 Å². The van der Waals surface area contributed by atoms with Crippen LogP contribution in [0.15, 0.2) is 29.9 Å². The highest BCUT2D eigenvalue weighted by Gasteiger charge is 2.31. The highest BCUT2D eigenvalue weighted by Crippen LogP contribution is 2.30. The van der Waals surface area contributed by atoms with E-state index in [0.717, 1.165) is 47.2 Å². The van der Waals surface area contributed by atoms with Gasteiger partial charge in [-0.15, -0.1) is 11.3 Å². The molecule has 4 heterocycles. The first kappa shape index (κ1) is 14.9. The van der Waals surface area contributed by atoms with Gasteiger partial charge < -0.3 is 10.2 Å². The molecule has 0 atom stereocenters. The number of hydrogen-bond acceptors (Lipinski definition) is 8. The number of anilines is 3. The van der Waals surface area contributed by atoms with Gasteiger partial charge in [-0.3, -0.25) is 0 Å². The first-order chi connectivity index (χ1) is 11.7. The lowest BCUT2D eigenvalue weighted by Gasteiger charge is -2.38. The quantitative estimate of drug-likeness (QED) is 0.783. The predicted molar refractivity (Wildman–Crippen MR) is 93.9 cm³/mol. The lowest BCUT2D eigenvalue weighted by molar-refractivity contribution is 0.501. The van der Waals surface area contributed by atoms with Crippen LogP contribution >= 0.6 is 11.3 Å². The Morgan fingerprint density at radius 3 is 2.62 bits per heavy atom. The van der Waals surface area contributed by atoms with Gasteiger partial charge in [-0.05, 0) is 19.9 Å². The molecule has 8 heteroatoms. The molecule has 122 valence electrons. The second kappa shape index (κ2) is 6.12. The second-order valence-corrected chi connectivity index (χ2v) is 6.65. The van der Waals surface area contributed by atoms with E-state index in [0.29, 0.717) is 5.92 Å². The summed E-state index contributed by atoms with van der Waals surface area (Å²) in [6, 6.07) is 3.84. The van der Waals surface area contributed by atoms with Crippen molar-refractivity contribution in [2.24, 2.45) is 0 Å². The van der Waals surface area contributed by atoms with Crippen molar-refractivity contribution in [3.05, 3.63) is 47.1 Å². The average Bonchev–Trinajstić information content (AvgIpc) is 2.91. The maximum Gasteiger partial charge on any atom is 0.225 e. The van der Waals surface area contributed by atoms with Crippen molar-refractivity contribution < 1.29 is 0 Å². The van der Waals surface area contributed by atoms with Crippen molar-refractivity contribution in [2.45, 2.75) is 19.8 Å². The molecular formula is C16H17N7S. The largest absolute Gasteiger partial charge is 0.339 e. The Hall–Kier alpha value is -2.61. The zero-order chi connectivity index (χ0) is 16.5. The van der Waals surface area contributed by atoms with Crippen molar-refractivity contribution in [1.82, 2.24) is 24.9 Å². The number of aryl methyl sites for hydroxylation is 2. The molecule has 0 aromatic carbocycles. The third-order valence-electron chi connectivity index (χ3n) is 3.85. The molecular weight excluding hydrogens is 322 g/mol. The lowest BCUT2D eigenvalue weighted by Crippen LogP contribution is -2.46. The van der Waals surface area contributed by atoms with E-state index < -0.39 is 0 Å². The van der Waals surface area contributed by atoms with Gasteiger partial charge in [0.05, 0.1) is 11.4 Å². The highest BCUT2D eigenvalue weighted by molar-refractivity contribution is 7.13. The molecule has 3 aromatic rings. The maximum atomic E-state index is 4.60. The molecule has 4 rings (SSSR count). The topological polar surface area (TPSA) is 79.7 Å². The van der Waals surface area contributed by atoms with Gasteiger partial charge >= 0.3 is 0 Å². The number of rotatable bonds is 4. The van der Waals surface area contributed by atoms with Crippen LogP contribution in [0.2, 0.25) is 0 Å². The molecule has 0 saturated carbocycles. The van der Waals surface area contributed by atoms with Crippen LogP contribution in [-0.2, 0) is 0 Å². The van der Waals surface area contributed by atoms with E-state index in [1.165, 1.54) is 0 Å². The summed E-state index contributed by atoms with van der Waals surface area (Å²) in [4.78, 5) is 24.2. The maximum absolute atomic E-state index is 4.60. The fourth-order valence-electron chi connectivity index (χ4n) is 2.67. The molecule has 24 heavy (non-hydrogen) atoms. The van der Waals surface area contributed by atoms with E-state index in [4.69, 9.17) is 0 Å². The molecule has 1 saturated heterocycles. The van der Waals surface area contributed by atoms with Gasteiger partial charge in [0.1, 0.15) is 11.6 Å². The number of hydrogen-bond donors (Lipinski definition) is 1. The fourth-order valence-corrected chi connectivity index (χ4v) is 3.36. The summed E-state index contributed by atoms with van der Waals surface area (Å²) >= 11 is 1.57. The van der Waals surface area contributed by atoms with E-state index in [-0.39, 0.29) is 0 Å². The van der Waals surface area contributed by atoms with Gasteiger partial charge in [0.25, 0.3) is 0 Å². The molecule has 1 aliphatic rings. The predicted octanol–water partition coefficient (Wildman–Crippen LogP) is 2.69. The lowest BCUT2D eigenvalue weighted by atomic mass is 9.96. The highest BCUT2D eigenvalue weighted by atomic mass is 32.1. The van der Waals surface area contributed by atoms with Gasteiger partial charge in [0.2, 0.25) is 5.95 Å². The molecule has 0 unspecified atom stereocenters. The van der Waals surface area contributed by atoms with Crippen molar-refractivity contribution in [1.29, 1.82) is 0 Å². The molecule has 3 aromatic heterocycles. The Kier molecular flexibility index (Phi) is 3.81. The van der Waals surface area contributed by atoms with Gasteiger partial charge in [-0.2, -0.15) is 0 Å². The number of aromatic nitrogens is 5. The summed E-state index contributed by atoms with van der Waals surface area (Å²) in [6.45, 7) is 5.64. The minimum atomic E-state index is 0.370. The van der Waals surface area contributed by atoms with E-state index in [1.54, 1.807) is 23.7 Å². The molecule has 0 aliphatic carbocycles. The SMILES string of the molecule is Cc1csc(Nc2cc(C3CN(c4ncccn4)C3)nc(C)n2)n1. The van der Waals surface area contributed by atoms with E-state index in [1.807, 2.05) is 31.4 Å². The molecule has 0 bridgehead atoms. The Morgan fingerprint density at radius 2 is 1.92 bits per heavy atom. The van der Waals surface area contributed by atoms with Crippen molar-refractivity contribution in [2.75, 3.05) is 23.3 Å². The molecule has 1 aliphatic heterocycles. The van der Waals surface area contributed by atoms with E-state index in [2.05, 4.69) is 35.1 Å². The fraction of sp³-hybridized carbons (Fsp3) is 0.312. The summed E-state index contributed by atoms with van der Waals surface area (Å²) < 4.78 is 0. The van der Waals surface area contributed by atoms with Crippen molar-refractivity contribution in [3.8, 4) is 0 Å². The second-order valence-electron chi connectivity index (χ2n) is 5.80. The molecule has 0 radical (unpaired) electrons. The third-order valence-corrected chi connectivity index (χ3v) is 4.72. The van der Waals surface area contributed by atoms with E-state index >= 15 is 0 Å². The minimum Gasteiger partial charge on any atom is -0.339 e. The van der Waals surface area contributed by atoms with Crippen molar-refractivity contribution >= 4 is 28.2 Å².